The van der Waals surface area contributed by atoms with Crippen LogP contribution in [0.15, 0.2) is 0 Å². The summed E-state index contributed by atoms with van der Waals surface area (Å²) < 4.78 is 4.32. The topological polar surface area (TPSA) is 43.4 Å². The number of hydrogen-bond acceptors (Lipinski definition) is 3. The van der Waals surface area contributed by atoms with Crippen LogP contribution in [0, 0.1) is 5.41 Å². The van der Waals surface area contributed by atoms with Crippen molar-refractivity contribution >= 4 is 23.5 Å². The van der Waals surface area contributed by atoms with Crippen LogP contribution >= 0.6 is 11.6 Å². The van der Waals surface area contributed by atoms with E-state index in [0.29, 0.717) is 6.42 Å². The third-order valence-corrected chi connectivity index (χ3v) is 3.01. The molecule has 10 heavy (non-hydrogen) atoms. The number of ether oxygens (including phenoxy) is 1. The van der Waals surface area contributed by atoms with Crippen LogP contribution in [0.3, 0.4) is 0 Å². The maximum absolute atomic E-state index is 10.8. The van der Waals surface area contributed by atoms with Crippen molar-refractivity contribution < 1.29 is 14.3 Å². The minimum atomic E-state index is -1.01. The van der Waals surface area contributed by atoms with Gasteiger partial charge in [0, 0.05) is 0 Å². The van der Waals surface area contributed by atoms with Crippen molar-refractivity contribution in [1.29, 1.82) is 0 Å². The van der Waals surface area contributed by atoms with Crippen LogP contribution in [0.4, 0.5) is 0 Å². The molecular weight excluding hydrogens is 156 g/mol. The molecule has 0 amide bonds. The summed E-state index contributed by atoms with van der Waals surface area (Å²) in [6, 6.07) is 0. The van der Waals surface area contributed by atoms with Crippen LogP contribution < -0.4 is 0 Å². The number of hydrogen-bond donors (Lipinski definition) is 0. The molecule has 2 rings (SSSR count). The van der Waals surface area contributed by atoms with Gasteiger partial charge in [0.15, 0.2) is 4.87 Å². The molecule has 3 nitrogen and oxygen atoms in total. The molecule has 4 heteroatoms. The minimum Gasteiger partial charge on any atom is -0.391 e. The van der Waals surface area contributed by atoms with E-state index in [4.69, 9.17) is 11.6 Å². The van der Waals surface area contributed by atoms with E-state index >= 15 is 0 Å². The SMILES string of the molecule is CC12CC1(Cl)C(=O)OC2=O. The van der Waals surface area contributed by atoms with Gasteiger partial charge in [0.05, 0.1) is 5.41 Å². The first kappa shape index (κ1) is 6.16. The van der Waals surface area contributed by atoms with Crippen LogP contribution in [0.25, 0.3) is 0 Å². The van der Waals surface area contributed by atoms with E-state index in [1.807, 2.05) is 0 Å². The molecule has 0 aromatic rings. The van der Waals surface area contributed by atoms with Gasteiger partial charge in [0.2, 0.25) is 0 Å². The van der Waals surface area contributed by atoms with Crippen molar-refractivity contribution in [1.82, 2.24) is 0 Å². The molecule has 0 N–H and O–H groups in total. The van der Waals surface area contributed by atoms with Crippen molar-refractivity contribution in [2.45, 2.75) is 18.2 Å². The maximum atomic E-state index is 10.8. The third kappa shape index (κ3) is 0.380. The van der Waals surface area contributed by atoms with Crippen molar-refractivity contribution in [3.8, 4) is 0 Å². The Morgan fingerprint density at radius 3 is 2.20 bits per heavy atom. The van der Waals surface area contributed by atoms with Gasteiger partial charge >= 0.3 is 11.9 Å². The molecule has 1 aliphatic heterocycles. The van der Waals surface area contributed by atoms with Crippen LogP contribution in [0.5, 0.6) is 0 Å². The Hall–Kier alpha value is -0.570. The molecule has 0 radical (unpaired) electrons. The first-order chi connectivity index (χ1) is 4.51. The number of cyclic esters (lactones) is 2. The molecular formula is C6H5ClO3. The highest BCUT2D eigenvalue weighted by Crippen LogP contribution is 2.65. The summed E-state index contributed by atoms with van der Waals surface area (Å²) in [6.07, 6.45) is 0.430. The number of carbonyl (C=O) groups is 2. The van der Waals surface area contributed by atoms with Gasteiger partial charge in [-0.05, 0) is 13.3 Å². The molecule has 54 valence electrons. The smallest absolute Gasteiger partial charge is 0.336 e. The van der Waals surface area contributed by atoms with Crippen LogP contribution in [-0.4, -0.2) is 16.8 Å². The first-order valence-electron chi connectivity index (χ1n) is 2.96. The molecule has 0 aromatic heterocycles. The highest BCUT2D eigenvalue weighted by Gasteiger charge is 2.80. The fraction of sp³-hybridized carbons (Fsp3) is 0.667. The zero-order chi connectivity index (χ0) is 7.57. The minimum absolute atomic E-state index is 0.430. The van der Waals surface area contributed by atoms with Crippen molar-refractivity contribution in [2.75, 3.05) is 0 Å². The summed E-state index contributed by atoms with van der Waals surface area (Å²) in [5.74, 6) is -1.06. The molecule has 2 fully saturated rings. The fourth-order valence-corrected chi connectivity index (χ4v) is 1.64. The molecule has 1 heterocycles. The van der Waals surface area contributed by atoms with Crippen LogP contribution in [0.1, 0.15) is 13.3 Å². The fourth-order valence-electron chi connectivity index (χ4n) is 1.25. The van der Waals surface area contributed by atoms with Crippen molar-refractivity contribution in [2.24, 2.45) is 5.41 Å². The number of halogens is 1. The van der Waals surface area contributed by atoms with E-state index < -0.39 is 22.2 Å². The second-order valence-electron chi connectivity index (χ2n) is 2.99. The summed E-state index contributed by atoms with van der Waals surface area (Å²) in [4.78, 5) is 20.6. The van der Waals surface area contributed by atoms with Gasteiger partial charge in [-0.1, -0.05) is 0 Å². The molecule has 1 saturated carbocycles. The molecule has 0 bridgehead atoms. The lowest BCUT2D eigenvalue weighted by Gasteiger charge is -1.94. The highest BCUT2D eigenvalue weighted by molar-refractivity contribution is 6.42. The van der Waals surface area contributed by atoms with Crippen LogP contribution in [0.2, 0.25) is 0 Å². The Bertz CT molecular complexity index is 225. The van der Waals surface area contributed by atoms with Gasteiger partial charge in [-0.3, -0.25) is 4.79 Å². The number of fused-ring (bicyclic) bond motifs is 1. The van der Waals surface area contributed by atoms with Gasteiger partial charge in [-0.25, -0.2) is 4.79 Å². The van der Waals surface area contributed by atoms with E-state index in [1.165, 1.54) is 0 Å². The second kappa shape index (κ2) is 1.23. The molecule has 0 spiro atoms. The predicted molar refractivity (Wildman–Crippen MR) is 32.4 cm³/mol. The van der Waals surface area contributed by atoms with Gasteiger partial charge < -0.3 is 4.74 Å². The molecule has 1 aliphatic carbocycles. The zero-order valence-electron chi connectivity index (χ0n) is 5.31. The molecule has 2 atom stereocenters. The van der Waals surface area contributed by atoms with E-state index in [0.717, 1.165) is 0 Å². The standard InChI is InChI=1S/C6H5ClO3/c1-5-2-6(5,7)4(9)10-3(5)8/h2H2,1H3. The van der Waals surface area contributed by atoms with Gasteiger partial charge in [-0.2, -0.15) is 0 Å². The summed E-state index contributed by atoms with van der Waals surface area (Å²) in [5, 5.41) is 0. The summed E-state index contributed by atoms with van der Waals surface area (Å²) in [6.45, 7) is 1.65. The first-order valence-corrected chi connectivity index (χ1v) is 3.34. The van der Waals surface area contributed by atoms with Crippen molar-refractivity contribution in [3.63, 3.8) is 0 Å². The zero-order valence-corrected chi connectivity index (χ0v) is 6.07. The monoisotopic (exact) mass is 160 g/mol. The second-order valence-corrected chi connectivity index (χ2v) is 3.63. The lowest BCUT2D eigenvalue weighted by atomic mass is 10.1. The Morgan fingerprint density at radius 1 is 1.50 bits per heavy atom. The average molecular weight is 161 g/mol. The normalized spacial score (nSPS) is 50.6. The Morgan fingerprint density at radius 2 is 2.10 bits per heavy atom. The maximum Gasteiger partial charge on any atom is 0.336 e. The summed E-state index contributed by atoms with van der Waals surface area (Å²) in [7, 11) is 0. The van der Waals surface area contributed by atoms with Gasteiger partial charge in [-0.15, -0.1) is 11.6 Å². The van der Waals surface area contributed by atoms with Gasteiger partial charge in [0.25, 0.3) is 0 Å². The Labute approximate surface area is 62.3 Å². The Kier molecular flexibility index (Phi) is 0.759. The van der Waals surface area contributed by atoms with E-state index in [9.17, 15) is 9.59 Å². The molecule has 2 unspecified atom stereocenters. The average Bonchev–Trinajstić information content (AvgIpc) is 2.33. The molecule has 0 aromatic carbocycles. The highest BCUT2D eigenvalue weighted by atomic mass is 35.5. The number of carbonyl (C=O) groups excluding carboxylic acids is 2. The number of esters is 2. The number of rotatable bonds is 0. The number of alkyl halides is 1. The summed E-state index contributed by atoms with van der Waals surface area (Å²) in [5.41, 5.74) is -0.717. The lowest BCUT2D eigenvalue weighted by Crippen LogP contribution is -2.14. The summed E-state index contributed by atoms with van der Waals surface area (Å²) >= 11 is 5.73. The van der Waals surface area contributed by atoms with Gasteiger partial charge in [0.1, 0.15) is 0 Å². The Balaban J connectivity index is 2.47. The van der Waals surface area contributed by atoms with E-state index in [2.05, 4.69) is 4.74 Å². The van der Waals surface area contributed by atoms with E-state index in [-0.39, 0.29) is 0 Å². The quantitative estimate of drug-likeness (QED) is 0.294. The van der Waals surface area contributed by atoms with Crippen LogP contribution in [-0.2, 0) is 14.3 Å². The molecule has 2 aliphatic rings. The third-order valence-electron chi connectivity index (χ3n) is 2.31. The largest absolute Gasteiger partial charge is 0.391 e. The van der Waals surface area contributed by atoms with Crippen molar-refractivity contribution in [3.05, 3.63) is 0 Å². The van der Waals surface area contributed by atoms with E-state index in [1.54, 1.807) is 6.92 Å². The lowest BCUT2D eigenvalue weighted by molar-refractivity contribution is -0.156. The molecule has 1 saturated heterocycles. The predicted octanol–water partition coefficient (Wildman–Crippen LogP) is 0.457.